The van der Waals surface area contributed by atoms with Gasteiger partial charge in [-0.3, -0.25) is 4.79 Å². The Balaban J connectivity index is 1.27. The summed E-state index contributed by atoms with van der Waals surface area (Å²) >= 11 is 0. The molecular formula is C20H24FN5O2. The number of aliphatic hydroxyl groups excluding tert-OH is 1. The number of nitrogens with one attached hydrogen (secondary N) is 2. The van der Waals surface area contributed by atoms with Crippen molar-refractivity contribution in [2.45, 2.75) is 57.2 Å². The molecule has 1 aliphatic carbocycles. The molecule has 8 heteroatoms. The van der Waals surface area contributed by atoms with Crippen LogP contribution in [0.4, 0.5) is 4.39 Å². The molecule has 3 aromatic rings. The topological polar surface area (TPSA) is 95.8 Å². The van der Waals surface area contributed by atoms with Crippen molar-refractivity contribution >= 4 is 16.9 Å². The van der Waals surface area contributed by atoms with E-state index < -0.39 is 6.10 Å². The smallest absolute Gasteiger partial charge is 0.220 e. The van der Waals surface area contributed by atoms with E-state index in [1.165, 1.54) is 12.1 Å². The number of halogens is 1. The summed E-state index contributed by atoms with van der Waals surface area (Å²) in [5, 5.41) is 13.5. The van der Waals surface area contributed by atoms with Gasteiger partial charge in [0.05, 0.1) is 29.2 Å². The second-order valence-corrected chi connectivity index (χ2v) is 7.39. The second kappa shape index (κ2) is 7.71. The van der Waals surface area contributed by atoms with E-state index in [2.05, 4.69) is 20.3 Å². The lowest BCUT2D eigenvalue weighted by atomic mass is 10.1. The number of aliphatic hydroxyl groups is 1. The Labute approximate surface area is 162 Å². The summed E-state index contributed by atoms with van der Waals surface area (Å²) in [5.41, 5.74) is 1.38. The standard InChI is InChI=1S/C20H24FN5O2/c1-12-22-9-10-26(12)17-8-7-15(20(17)28)25-19(27)4-2-3-18-23-14-6-5-13(21)11-16(14)24-18/h5-6,9-11,15,17,20,28H,2-4,7-8H2,1H3,(H,23,24)(H,25,27)/t15-,17-,20-/m1/s1. The monoisotopic (exact) mass is 385 g/mol. The number of benzene rings is 1. The molecule has 1 aromatic carbocycles. The van der Waals surface area contributed by atoms with Crippen LogP contribution in [0.5, 0.6) is 0 Å². The molecule has 1 amide bonds. The molecule has 1 fully saturated rings. The molecule has 3 N–H and O–H groups in total. The number of fused-ring (bicyclic) bond motifs is 1. The van der Waals surface area contributed by atoms with Crippen LogP contribution in [0.15, 0.2) is 30.6 Å². The van der Waals surface area contributed by atoms with E-state index in [1.54, 1.807) is 12.3 Å². The zero-order chi connectivity index (χ0) is 19.7. The summed E-state index contributed by atoms with van der Waals surface area (Å²) in [6.45, 7) is 1.91. The number of amides is 1. The minimum absolute atomic E-state index is 0.0521. The van der Waals surface area contributed by atoms with Crippen LogP contribution in [-0.4, -0.2) is 42.7 Å². The molecule has 0 spiro atoms. The van der Waals surface area contributed by atoms with E-state index in [0.717, 1.165) is 30.0 Å². The van der Waals surface area contributed by atoms with Crippen LogP contribution >= 0.6 is 0 Å². The molecule has 0 aliphatic heterocycles. The van der Waals surface area contributed by atoms with Crippen molar-refractivity contribution in [1.82, 2.24) is 24.8 Å². The second-order valence-electron chi connectivity index (χ2n) is 7.39. The molecule has 3 atom stereocenters. The number of aromatic amines is 1. The Morgan fingerprint density at radius 1 is 1.43 bits per heavy atom. The van der Waals surface area contributed by atoms with Gasteiger partial charge in [0.25, 0.3) is 0 Å². The summed E-state index contributed by atoms with van der Waals surface area (Å²) in [6, 6.07) is 4.14. The van der Waals surface area contributed by atoms with Crippen LogP contribution in [0.2, 0.25) is 0 Å². The highest BCUT2D eigenvalue weighted by Crippen LogP contribution is 2.31. The molecule has 0 bridgehead atoms. The van der Waals surface area contributed by atoms with Crippen molar-refractivity contribution in [3.05, 3.63) is 48.1 Å². The van der Waals surface area contributed by atoms with E-state index >= 15 is 0 Å². The number of carbonyl (C=O) groups is 1. The molecule has 7 nitrogen and oxygen atoms in total. The molecule has 148 valence electrons. The maximum absolute atomic E-state index is 13.2. The third kappa shape index (κ3) is 3.77. The first-order chi connectivity index (χ1) is 13.5. The van der Waals surface area contributed by atoms with Gasteiger partial charge in [0.15, 0.2) is 0 Å². The molecule has 2 aromatic heterocycles. The fourth-order valence-electron chi connectivity index (χ4n) is 4.01. The molecule has 0 unspecified atom stereocenters. The first-order valence-electron chi connectivity index (χ1n) is 9.62. The van der Waals surface area contributed by atoms with Gasteiger partial charge in [-0.05, 0) is 44.4 Å². The van der Waals surface area contributed by atoms with Crippen molar-refractivity contribution < 1.29 is 14.3 Å². The van der Waals surface area contributed by atoms with Gasteiger partial charge in [0.1, 0.15) is 17.5 Å². The number of carbonyl (C=O) groups excluding carboxylic acids is 1. The number of hydrogen-bond acceptors (Lipinski definition) is 4. The number of nitrogens with zero attached hydrogens (tertiary/aromatic N) is 3. The van der Waals surface area contributed by atoms with Crippen molar-refractivity contribution in [2.75, 3.05) is 0 Å². The quantitative estimate of drug-likeness (QED) is 0.607. The Hall–Kier alpha value is -2.74. The Morgan fingerprint density at radius 2 is 2.29 bits per heavy atom. The predicted molar refractivity (Wildman–Crippen MR) is 102 cm³/mol. The molecule has 1 aliphatic rings. The summed E-state index contributed by atoms with van der Waals surface area (Å²) in [4.78, 5) is 24.0. The zero-order valence-electron chi connectivity index (χ0n) is 15.7. The predicted octanol–water partition coefficient (Wildman–Crippen LogP) is 2.41. The van der Waals surface area contributed by atoms with Crippen molar-refractivity contribution in [3.63, 3.8) is 0 Å². The third-order valence-electron chi connectivity index (χ3n) is 5.46. The number of hydrogen-bond donors (Lipinski definition) is 3. The van der Waals surface area contributed by atoms with Crippen LogP contribution < -0.4 is 5.32 Å². The van der Waals surface area contributed by atoms with E-state index in [1.807, 2.05) is 17.7 Å². The highest BCUT2D eigenvalue weighted by atomic mass is 19.1. The first-order valence-corrected chi connectivity index (χ1v) is 9.62. The normalized spacial score (nSPS) is 22.0. The Bertz CT molecular complexity index is 982. The lowest BCUT2D eigenvalue weighted by molar-refractivity contribution is -0.122. The molecule has 0 saturated heterocycles. The first kappa shape index (κ1) is 18.6. The number of imidazole rings is 2. The van der Waals surface area contributed by atoms with Gasteiger partial charge in [0.2, 0.25) is 5.91 Å². The summed E-state index contributed by atoms with van der Waals surface area (Å²) in [7, 11) is 0. The molecule has 2 heterocycles. The van der Waals surface area contributed by atoms with E-state index in [-0.39, 0.29) is 23.8 Å². The summed E-state index contributed by atoms with van der Waals surface area (Å²) < 4.78 is 15.2. The highest BCUT2D eigenvalue weighted by Gasteiger charge is 2.36. The average molecular weight is 385 g/mol. The molecule has 4 rings (SSSR count). The number of rotatable bonds is 6. The largest absolute Gasteiger partial charge is 0.389 e. The third-order valence-corrected chi connectivity index (χ3v) is 5.46. The lowest BCUT2D eigenvalue weighted by Crippen LogP contribution is -2.42. The zero-order valence-corrected chi connectivity index (χ0v) is 15.7. The number of H-pyrrole nitrogens is 1. The van der Waals surface area contributed by atoms with Crippen molar-refractivity contribution in [3.8, 4) is 0 Å². The molecule has 1 saturated carbocycles. The van der Waals surface area contributed by atoms with Gasteiger partial charge in [-0.25, -0.2) is 14.4 Å². The Morgan fingerprint density at radius 3 is 3.07 bits per heavy atom. The van der Waals surface area contributed by atoms with Crippen LogP contribution in [-0.2, 0) is 11.2 Å². The maximum Gasteiger partial charge on any atom is 0.220 e. The summed E-state index contributed by atoms with van der Waals surface area (Å²) in [6.07, 6.45) is 6.09. The Kier molecular flexibility index (Phi) is 5.13. The van der Waals surface area contributed by atoms with E-state index in [9.17, 15) is 14.3 Å². The van der Waals surface area contributed by atoms with Crippen LogP contribution in [0, 0.1) is 12.7 Å². The number of aromatic nitrogens is 4. The maximum atomic E-state index is 13.2. The molecule has 28 heavy (non-hydrogen) atoms. The van der Waals surface area contributed by atoms with Gasteiger partial charge in [-0.15, -0.1) is 0 Å². The minimum Gasteiger partial charge on any atom is -0.389 e. The minimum atomic E-state index is -0.623. The van der Waals surface area contributed by atoms with Crippen molar-refractivity contribution in [1.29, 1.82) is 0 Å². The number of aryl methyl sites for hydroxylation is 2. The van der Waals surface area contributed by atoms with E-state index in [4.69, 9.17) is 0 Å². The SMILES string of the molecule is Cc1nccn1[C@@H]1CC[C@@H](NC(=O)CCCc2nc3ccc(F)cc3[nH]2)[C@H]1O. The summed E-state index contributed by atoms with van der Waals surface area (Å²) in [5.74, 6) is 1.22. The van der Waals surface area contributed by atoms with Crippen LogP contribution in [0.1, 0.15) is 43.4 Å². The highest BCUT2D eigenvalue weighted by molar-refractivity contribution is 5.76. The van der Waals surface area contributed by atoms with Gasteiger partial charge in [-0.2, -0.15) is 0 Å². The van der Waals surface area contributed by atoms with Crippen LogP contribution in [0.3, 0.4) is 0 Å². The van der Waals surface area contributed by atoms with Gasteiger partial charge >= 0.3 is 0 Å². The van der Waals surface area contributed by atoms with Crippen molar-refractivity contribution in [2.24, 2.45) is 0 Å². The van der Waals surface area contributed by atoms with E-state index in [0.29, 0.717) is 24.8 Å². The van der Waals surface area contributed by atoms with Gasteiger partial charge in [-0.1, -0.05) is 0 Å². The fourth-order valence-corrected chi connectivity index (χ4v) is 4.01. The molecular weight excluding hydrogens is 361 g/mol. The van der Waals surface area contributed by atoms with Gasteiger partial charge < -0.3 is 20.0 Å². The average Bonchev–Trinajstić information content (AvgIpc) is 3.34. The van der Waals surface area contributed by atoms with Gasteiger partial charge in [0, 0.05) is 25.2 Å². The van der Waals surface area contributed by atoms with Crippen LogP contribution in [0.25, 0.3) is 11.0 Å². The lowest BCUT2D eigenvalue weighted by Gasteiger charge is -2.22. The fraction of sp³-hybridized carbons (Fsp3) is 0.450. The molecule has 0 radical (unpaired) electrons.